The first-order valence-electron chi connectivity index (χ1n) is 4.85. The zero-order chi connectivity index (χ0) is 11.5. The average Bonchev–Trinajstić information content (AvgIpc) is 2.69. The van der Waals surface area contributed by atoms with E-state index in [0.717, 1.165) is 21.7 Å². The molecule has 2 N–H and O–H groups in total. The van der Waals surface area contributed by atoms with Gasteiger partial charge < -0.3 is 5.73 Å². The van der Waals surface area contributed by atoms with Crippen molar-refractivity contribution in [1.29, 1.82) is 0 Å². The summed E-state index contributed by atoms with van der Waals surface area (Å²) in [5, 5.41) is 2.08. The van der Waals surface area contributed by atoms with E-state index < -0.39 is 0 Å². The highest BCUT2D eigenvalue weighted by Crippen LogP contribution is 2.30. The molecule has 84 valence electrons. The summed E-state index contributed by atoms with van der Waals surface area (Å²) in [5.41, 5.74) is 5.49. The summed E-state index contributed by atoms with van der Waals surface area (Å²) in [6.07, 6.45) is 2.63. The third-order valence-electron chi connectivity index (χ3n) is 2.04. The highest BCUT2D eigenvalue weighted by Gasteiger charge is 2.08. The van der Waals surface area contributed by atoms with Crippen LogP contribution in [0.5, 0.6) is 0 Å². The maximum Gasteiger partial charge on any atom is 0.128 e. The maximum absolute atomic E-state index is 5.49. The van der Waals surface area contributed by atoms with Crippen LogP contribution in [0.3, 0.4) is 0 Å². The minimum absolute atomic E-state index is 0.503. The first kappa shape index (κ1) is 11.8. The Balaban J connectivity index is 2.36. The Hall–Kier alpha value is -0.720. The molecule has 0 bridgehead atoms. The second-order valence-electron chi connectivity index (χ2n) is 3.22. The van der Waals surface area contributed by atoms with Gasteiger partial charge in [0, 0.05) is 16.0 Å². The number of thioether (sulfide) groups is 1. The van der Waals surface area contributed by atoms with Gasteiger partial charge in [0.15, 0.2) is 0 Å². The van der Waals surface area contributed by atoms with Crippen LogP contribution in [0.25, 0.3) is 10.2 Å². The Kier molecular flexibility index (Phi) is 3.73. The van der Waals surface area contributed by atoms with Gasteiger partial charge in [-0.25, -0.2) is 9.97 Å². The van der Waals surface area contributed by atoms with Gasteiger partial charge in [0.25, 0.3) is 0 Å². The summed E-state index contributed by atoms with van der Waals surface area (Å²) < 4.78 is 0. The molecule has 0 unspecified atom stereocenters. The van der Waals surface area contributed by atoms with Crippen LogP contribution in [-0.4, -0.2) is 20.7 Å². The van der Waals surface area contributed by atoms with Crippen molar-refractivity contribution in [2.45, 2.75) is 18.4 Å². The summed E-state index contributed by atoms with van der Waals surface area (Å²) in [7, 11) is 0. The lowest BCUT2D eigenvalue weighted by Gasteiger charge is -1.99. The van der Waals surface area contributed by atoms with Gasteiger partial charge in [-0.3, -0.25) is 0 Å². The van der Waals surface area contributed by atoms with Gasteiger partial charge in [0.2, 0.25) is 0 Å². The van der Waals surface area contributed by atoms with Crippen LogP contribution in [-0.2, 0) is 6.42 Å². The molecular formula is C10H11N3S3. The van der Waals surface area contributed by atoms with Gasteiger partial charge >= 0.3 is 0 Å². The molecule has 2 aromatic heterocycles. The lowest BCUT2D eigenvalue weighted by atomic mass is 10.3. The van der Waals surface area contributed by atoms with Crippen LogP contribution in [0.4, 0.5) is 0 Å². The van der Waals surface area contributed by atoms with E-state index in [9.17, 15) is 0 Å². The number of thiocarbonyl (C=S) groups is 1. The predicted molar refractivity (Wildman–Crippen MR) is 74.3 cm³/mol. The summed E-state index contributed by atoms with van der Waals surface area (Å²) in [6.45, 7) is 2.14. The molecule has 0 fully saturated rings. The molecule has 0 amide bonds. The Labute approximate surface area is 107 Å². The largest absolute Gasteiger partial charge is 0.393 e. The first-order valence-corrected chi connectivity index (χ1v) is 7.06. The number of aryl methyl sites for hydroxylation is 1. The van der Waals surface area contributed by atoms with Gasteiger partial charge in [-0.1, -0.05) is 30.9 Å². The fourth-order valence-electron chi connectivity index (χ4n) is 1.31. The zero-order valence-corrected chi connectivity index (χ0v) is 11.2. The van der Waals surface area contributed by atoms with Crippen LogP contribution in [0.15, 0.2) is 17.4 Å². The lowest BCUT2D eigenvalue weighted by molar-refractivity contribution is 1.11. The molecule has 3 nitrogen and oxygen atoms in total. The second kappa shape index (κ2) is 5.07. The number of aromatic nitrogens is 2. The van der Waals surface area contributed by atoms with Crippen molar-refractivity contribution in [1.82, 2.24) is 9.97 Å². The molecule has 0 spiro atoms. The van der Waals surface area contributed by atoms with Crippen LogP contribution in [0.1, 0.15) is 11.8 Å². The Bertz CT molecular complexity index is 521. The third kappa shape index (κ3) is 2.50. The monoisotopic (exact) mass is 269 g/mol. The van der Waals surface area contributed by atoms with Crippen molar-refractivity contribution in [2.75, 3.05) is 5.75 Å². The number of nitrogens with two attached hydrogens (primary N) is 1. The van der Waals surface area contributed by atoms with E-state index >= 15 is 0 Å². The molecule has 0 aliphatic carbocycles. The number of rotatable bonds is 4. The van der Waals surface area contributed by atoms with E-state index in [-0.39, 0.29) is 0 Å². The van der Waals surface area contributed by atoms with Crippen molar-refractivity contribution in [3.63, 3.8) is 0 Å². The lowest BCUT2D eigenvalue weighted by Crippen LogP contribution is -2.10. The van der Waals surface area contributed by atoms with E-state index in [4.69, 9.17) is 18.0 Å². The van der Waals surface area contributed by atoms with E-state index in [0.29, 0.717) is 10.7 Å². The number of hydrogen-bond donors (Lipinski definition) is 1. The van der Waals surface area contributed by atoms with Gasteiger partial charge in [0.05, 0.1) is 4.99 Å². The van der Waals surface area contributed by atoms with Crippen LogP contribution >= 0.6 is 35.3 Å². The quantitative estimate of drug-likeness (QED) is 0.525. The van der Waals surface area contributed by atoms with E-state index in [1.807, 2.05) is 0 Å². The van der Waals surface area contributed by atoms with Gasteiger partial charge in [-0.2, -0.15) is 0 Å². The van der Waals surface area contributed by atoms with Gasteiger partial charge in [0.1, 0.15) is 16.2 Å². The summed E-state index contributed by atoms with van der Waals surface area (Å²) in [4.78, 5) is 11.4. The smallest absolute Gasteiger partial charge is 0.128 e. The van der Waals surface area contributed by atoms with E-state index in [1.54, 1.807) is 29.4 Å². The maximum atomic E-state index is 5.49. The fourth-order valence-corrected chi connectivity index (χ4v) is 3.20. The standard InChI is InChI=1S/C10H11N3S3/c1-2-6-3-7-9(15-4-8(11)14)12-5-13-10(7)16-6/h3,5H,2,4H2,1H3,(H2,11,14). The van der Waals surface area contributed by atoms with E-state index in [1.165, 1.54) is 4.88 Å². The Morgan fingerprint density at radius 2 is 2.38 bits per heavy atom. The molecule has 2 heterocycles. The van der Waals surface area contributed by atoms with Crippen molar-refractivity contribution in [2.24, 2.45) is 5.73 Å². The van der Waals surface area contributed by atoms with Crippen molar-refractivity contribution < 1.29 is 0 Å². The minimum Gasteiger partial charge on any atom is -0.393 e. The second-order valence-corrected chi connectivity index (χ2v) is 5.82. The molecule has 0 atom stereocenters. The highest BCUT2D eigenvalue weighted by atomic mass is 32.2. The minimum atomic E-state index is 0.503. The molecular weight excluding hydrogens is 258 g/mol. The van der Waals surface area contributed by atoms with Crippen molar-refractivity contribution in [3.8, 4) is 0 Å². The fraction of sp³-hybridized carbons (Fsp3) is 0.300. The topological polar surface area (TPSA) is 51.8 Å². The average molecular weight is 269 g/mol. The number of nitrogens with zero attached hydrogens (tertiary/aromatic N) is 2. The molecule has 2 aromatic rings. The summed E-state index contributed by atoms with van der Waals surface area (Å²) >= 11 is 8.15. The summed E-state index contributed by atoms with van der Waals surface area (Å²) in [5.74, 6) is 0.624. The molecule has 2 rings (SSSR count). The number of thiophene rings is 1. The Morgan fingerprint density at radius 1 is 1.56 bits per heavy atom. The highest BCUT2D eigenvalue weighted by molar-refractivity contribution is 8.01. The first-order chi connectivity index (χ1) is 7.70. The van der Waals surface area contributed by atoms with Gasteiger partial charge in [-0.05, 0) is 12.5 Å². The molecule has 16 heavy (non-hydrogen) atoms. The summed E-state index contributed by atoms with van der Waals surface area (Å²) in [6, 6.07) is 2.15. The number of fused-ring (bicyclic) bond motifs is 1. The van der Waals surface area contributed by atoms with Crippen molar-refractivity contribution >= 4 is 50.5 Å². The van der Waals surface area contributed by atoms with Crippen LogP contribution in [0, 0.1) is 0 Å². The zero-order valence-electron chi connectivity index (χ0n) is 8.77. The predicted octanol–water partition coefficient (Wildman–Crippen LogP) is 2.63. The number of hydrogen-bond acceptors (Lipinski definition) is 5. The Morgan fingerprint density at radius 3 is 3.06 bits per heavy atom. The molecule has 6 heteroatoms. The SMILES string of the molecule is CCc1cc2c(SCC(N)=S)ncnc2s1. The normalized spacial score (nSPS) is 10.8. The van der Waals surface area contributed by atoms with Crippen LogP contribution in [0.2, 0.25) is 0 Å². The van der Waals surface area contributed by atoms with Crippen molar-refractivity contribution in [3.05, 3.63) is 17.3 Å². The third-order valence-corrected chi connectivity index (χ3v) is 4.61. The molecule has 0 radical (unpaired) electrons. The van der Waals surface area contributed by atoms with E-state index in [2.05, 4.69) is 23.0 Å². The molecule has 0 saturated carbocycles. The van der Waals surface area contributed by atoms with Gasteiger partial charge in [-0.15, -0.1) is 11.3 Å². The molecule has 0 aliphatic rings. The molecule has 0 aliphatic heterocycles. The molecule has 0 saturated heterocycles. The van der Waals surface area contributed by atoms with Crippen LogP contribution < -0.4 is 5.73 Å². The molecule has 0 aromatic carbocycles.